The van der Waals surface area contributed by atoms with Gasteiger partial charge < -0.3 is 15.4 Å². The molecule has 0 aliphatic carbocycles. The molecule has 216 valence electrons. The van der Waals surface area contributed by atoms with Crippen LogP contribution in [0.2, 0.25) is 5.02 Å². The Labute approximate surface area is 233 Å². The van der Waals surface area contributed by atoms with E-state index in [4.69, 9.17) is 16.3 Å². The second-order valence-corrected chi connectivity index (χ2v) is 12.8. The predicted molar refractivity (Wildman–Crippen MR) is 141 cm³/mol. The van der Waals surface area contributed by atoms with Crippen molar-refractivity contribution in [2.45, 2.75) is 62.5 Å². The van der Waals surface area contributed by atoms with Gasteiger partial charge in [0.15, 0.2) is 5.13 Å². The molecule has 16 heteroatoms. The molecule has 1 aliphatic rings. The molecule has 2 amide bonds. The van der Waals surface area contributed by atoms with Gasteiger partial charge in [0.05, 0.1) is 17.3 Å². The van der Waals surface area contributed by atoms with Gasteiger partial charge in [0.1, 0.15) is 22.4 Å². The number of amides is 2. The molecule has 0 bridgehead atoms. The molecular formula is C23H29ClF3N5O5S2. The third-order valence-corrected chi connectivity index (χ3v) is 7.87. The van der Waals surface area contributed by atoms with E-state index >= 15 is 0 Å². The number of rotatable bonds is 10. The number of thiazole rings is 1. The van der Waals surface area contributed by atoms with Crippen LogP contribution in [0, 0.1) is 5.82 Å². The lowest BCUT2D eigenvalue weighted by Gasteiger charge is -2.27. The van der Waals surface area contributed by atoms with Crippen LogP contribution in [0.1, 0.15) is 40.0 Å². The molecule has 1 fully saturated rings. The lowest BCUT2D eigenvalue weighted by atomic mass is 10.1. The Morgan fingerprint density at radius 1 is 1.26 bits per heavy atom. The van der Waals surface area contributed by atoms with Gasteiger partial charge in [-0.25, -0.2) is 31.4 Å². The number of benzene rings is 1. The molecule has 0 saturated carbocycles. The van der Waals surface area contributed by atoms with Crippen molar-refractivity contribution >= 4 is 55.8 Å². The molecule has 0 spiro atoms. The van der Waals surface area contributed by atoms with Gasteiger partial charge in [-0.3, -0.25) is 14.4 Å². The molecular weight excluding hydrogens is 583 g/mol. The fourth-order valence-corrected chi connectivity index (χ4v) is 5.85. The van der Waals surface area contributed by atoms with Gasteiger partial charge in [-0.2, -0.15) is 0 Å². The van der Waals surface area contributed by atoms with E-state index in [1.807, 2.05) is 0 Å². The Morgan fingerprint density at radius 3 is 2.59 bits per heavy atom. The van der Waals surface area contributed by atoms with Crippen molar-refractivity contribution in [1.82, 2.24) is 15.2 Å². The number of unbranched alkanes of at least 4 members (excludes halogenated alkanes) is 1. The minimum atomic E-state index is -4.24. The van der Waals surface area contributed by atoms with E-state index in [2.05, 4.69) is 20.3 Å². The summed E-state index contributed by atoms with van der Waals surface area (Å²) in [5.41, 5.74) is -0.727. The molecule has 1 aromatic heterocycles. The summed E-state index contributed by atoms with van der Waals surface area (Å²) >= 11 is 7.19. The number of hydrogen-bond acceptors (Lipinski definition) is 8. The van der Waals surface area contributed by atoms with Crippen molar-refractivity contribution in [3.63, 3.8) is 0 Å². The zero-order valence-electron chi connectivity index (χ0n) is 21.4. The number of aromatic nitrogens is 1. The summed E-state index contributed by atoms with van der Waals surface area (Å²) < 4.78 is 74.8. The van der Waals surface area contributed by atoms with Crippen LogP contribution in [0.25, 0.3) is 0 Å². The molecule has 0 unspecified atom stereocenters. The van der Waals surface area contributed by atoms with Crippen LogP contribution in [0.3, 0.4) is 0 Å². The quantitative estimate of drug-likeness (QED) is 0.332. The maximum absolute atomic E-state index is 14.6. The fourth-order valence-electron chi connectivity index (χ4n) is 3.68. The number of carbonyl (C=O) groups excluding carboxylic acids is 2. The highest BCUT2D eigenvalue weighted by atomic mass is 35.5. The van der Waals surface area contributed by atoms with Crippen LogP contribution in [-0.2, 0) is 19.6 Å². The zero-order valence-corrected chi connectivity index (χ0v) is 23.8. The van der Waals surface area contributed by atoms with Crippen LogP contribution in [0.15, 0.2) is 28.6 Å². The Kier molecular flexibility index (Phi) is 9.60. The molecule has 39 heavy (non-hydrogen) atoms. The molecule has 2 aromatic rings. The number of anilines is 2. The standard InChI is InChI=1S/C23H29ClF3N5O5S2/c1-22(2,3)37-21(34)32-13-23(26,27)12-17(32)19(33)29-7-5-4-6-28-16-11-15(25)18(10-14(16)24)39(35,36)31-20-30-8-9-38-20/h8-11,17,28H,4-7,12-13H2,1-3H3,(H,29,33)(H,30,31)/t17-/m0/s1. The molecule has 0 radical (unpaired) electrons. The van der Waals surface area contributed by atoms with E-state index in [9.17, 15) is 31.2 Å². The van der Waals surface area contributed by atoms with E-state index in [0.717, 1.165) is 28.4 Å². The number of ether oxygens (including phenoxy) is 1. The first kappa shape index (κ1) is 30.8. The number of hydrogen-bond donors (Lipinski definition) is 3. The molecule has 1 atom stereocenters. The minimum Gasteiger partial charge on any atom is -0.444 e. The Bertz CT molecular complexity index is 1290. The monoisotopic (exact) mass is 611 g/mol. The highest BCUT2D eigenvalue weighted by Gasteiger charge is 2.51. The molecule has 1 aliphatic heterocycles. The average molecular weight is 612 g/mol. The maximum Gasteiger partial charge on any atom is 0.411 e. The first-order chi connectivity index (χ1) is 18.1. The summed E-state index contributed by atoms with van der Waals surface area (Å²) in [5.74, 6) is -4.93. The fraction of sp³-hybridized carbons (Fsp3) is 0.522. The van der Waals surface area contributed by atoms with Gasteiger partial charge in [-0.15, -0.1) is 11.3 Å². The largest absolute Gasteiger partial charge is 0.444 e. The van der Waals surface area contributed by atoms with Gasteiger partial charge in [-0.1, -0.05) is 11.6 Å². The van der Waals surface area contributed by atoms with E-state index in [1.54, 1.807) is 26.2 Å². The van der Waals surface area contributed by atoms with Crippen LogP contribution in [0.4, 0.5) is 28.8 Å². The Morgan fingerprint density at radius 2 is 1.95 bits per heavy atom. The van der Waals surface area contributed by atoms with Gasteiger partial charge in [0, 0.05) is 31.1 Å². The topological polar surface area (TPSA) is 130 Å². The highest BCUT2D eigenvalue weighted by molar-refractivity contribution is 7.93. The lowest BCUT2D eigenvalue weighted by Crippen LogP contribution is -2.47. The van der Waals surface area contributed by atoms with Crippen molar-refractivity contribution in [2.75, 3.05) is 29.7 Å². The number of alkyl halides is 2. The van der Waals surface area contributed by atoms with E-state index in [1.165, 1.54) is 6.20 Å². The van der Waals surface area contributed by atoms with Crippen LogP contribution < -0.4 is 15.4 Å². The molecule has 3 N–H and O–H groups in total. The number of carbonyl (C=O) groups is 2. The van der Waals surface area contributed by atoms with Crippen molar-refractivity contribution in [3.05, 3.63) is 34.5 Å². The van der Waals surface area contributed by atoms with Crippen LogP contribution >= 0.6 is 22.9 Å². The summed E-state index contributed by atoms with van der Waals surface area (Å²) in [7, 11) is -4.24. The van der Waals surface area contributed by atoms with Crippen molar-refractivity contribution < 1.29 is 35.9 Å². The predicted octanol–water partition coefficient (Wildman–Crippen LogP) is 4.69. The van der Waals surface area contributed by atoms with Crippen molar-refractivity contribution in [2.24, 2.45) is 0 Å². The van der Waals surface area contributed by atoms with E-state index in [0.29, 0.717) is 19.4 Å². The molecule has 1 saturated heterocycles. The number of halogens is 4. The van der Waals surface area contributed by atoms with E-state index in [-0.39, 0.29) is 22.4 Å². The first-order valence-electron chi connectivity index (χ1n) is 11.9. The number of nitrogens with zero attached hydrogens (tertiary/aromatic N) is 2. The number of sulfonamides is 1. The second-order valence-electron chi connectivity index (χ2n) is 9.81. The summed E-state index contributed by atoms with van der Waals surface area (Å²) in [6, 6.07) is 0.601. The number of nitrogens with one attached hydrogen (secondary N) is 3. The third kappa shape index (κ3) is 8.60. The van der Waals surface area contributed by atoms with Gasteiger partial charge in [0.2, 0.25) is 5.91 Å². The highest BCUT2D eigenvalue weighted by Crippen LogP contribution is 2.33. The zero-order chi connectivity index (χ0) is 29.0. The van der Waals surface area contributed by atoms with Crippen molar-refractivity contribution in [1.29, 1.82) is 0 Å². The molecule has 1 aromatic carbocycles. The SMILES string of the molecule is CC(C)(C)OC(=O)N1CC(F)(F)C[C@H]1C(=O)NCCCCNc1cc(F)c(S(=O)(=O)Nc2nccs2)cc1Cl. The van der Waals surface area contributed by atoms with Crippen LogP contribution in [0.5, 0.6) is 0 Å². The molecule has 10 nitrogen and oxygen atoms in total. The molecule has 3 rings (SSSR count). The van der Waals surface area contributed by atoms with Crippen molar-refractivity contribution in [3.8, 4) is 0 Å². The Balaban J connectivity index is 1.47. The Hall–Kier alpha value is -2.78. The summed E-state index contributed by atoms with van der Waals surface area (Å²) in [6.07, 6.45) is 0.523. The number of likely N-dealkylation sites (tertiary alicyclic amines) is 1. The van der Waals surface area contributed by atoms with Gasteiger partial charge >= 0.3 is 6.09 Å². The lowest BCUT2D eigenvalue weighted by molar-refractivity contribution is -0.125. The summed E-state index contributed by atoms with van der Waals surface area (Å²) in [4.78, 5) is 28.8. The van der Waals surface area contributed by atoms with Crippen LogP contribution in [-0.4, -0.2) is 67.5 Å². The molecule has 2 heterocycles. The van der Waals surface area contributed by atoms with Gasteiger partial charge in [0.25, 0.3) is 15.9 Å². The normalized spacial score (nSPS) is 17.1. The first-order valence-corrected chi connectivity index (χ1v) is 14.6. The maximum atomic E-state index is 14.6. The van der Waals surface area contributed by atoms with Gasteiger partial charge in [-0.05, 0) is 45.7 Å². The summed E-state index contributed by atoms with van der Waals surface area (Å²) in [5, 5.41) is 7.08. The minimum absolute atomic E-state index is 0.0198. The third-order valence-electron chi connectivity index (χ3n) is 5.38. The summed E-state index contributed by atoms with van der Waals surface area (Å²) in [6.45, 7) is 4.34. The smallest absolute Gasteiger partial charge is 0.411 e. The second kappa shape index (κ2) is 12.2. The van der Waals surface area contributed by atoms with E-state index < -0.39 is 63.3 Å². The average Bonchev–Trinajstić information content (AvgIpc) is 3.43.